The Bertz CT molecular complexity index is 532. The number of nitrogens with zero attached hydrogens (tertiary/aromatic N) is 1. The van der Waals surface area contributed by atoms with Gasteiger partial charge in [-0.15, -0.1) is 0 Å². The van der Waals surface area contributed by atoms with E-state index < -0.39 is 0 Å². The van der Waals surface area contributed by atoms with Crippen LogP contribution in [0.25, 0.3) is 0 Å². The normalized spacial score (nSPS) is 17.7. The van der Waals surface area contributed by atoms with Gasteiger partial charge in [-0.2, -0.15) is 0 Å². The molecule has 0 radical (unpaired) electrons. The van der Waals surface area contributed by atoms with Crippen molar-refractivity contribution in [3.05, 3.63) is 30.1 Å². The standard InChI is InChI=1S/C17H22FNO4/c1-2-22-17(21)13-4-3-10-19(12-13)16(20)9-11-23-15-7-5-14(18)6-8-15/h5-8,13H,2-4,9-12H2,1H3. The van der Waals surface area contributed by atoms with E-state index in [9.17, 15) is 14.0 Å². The van der Waals surface area contributed by atoms with Crippen LogP contribution < -0.4 is 4.74 Å². The van der Waals surface area contributed by atoms with Crippen LogP contribution >= 0.6 is 0 Å². The van der Waals surface area contributed by atoms with Crippen LogP contribution in [0.3, 0.4) is 0 Å². The fraction of sp³-hybridized carbons (Fsp3) is 0.529. The molecule has 1 unspecified atom stereocenters. The molecule has 0 spiro atoms. The molecule has 1 aliphatic heterocycles. The molecular weight excluding hydrogens is 301 g/mol. The first-order valence-electron chi connectivity index (χ1n) is 7.93. The van der Waals surface area contributed by atoms with Crippen molar-refractivity contribution < 1.29 is 23.5 Å². The highest BCUT2D eigenvalue weighted by Crippen LogP contribution is 2.19. The minimum absolute atomic E-state index is 0.0406. The number of carbonyl (C=O) groups excluding carboxylic acids is 2. The van der Waals surface area contributed by atoms with E-state index >= 15 is 0 Å². The summed E-state index contributed by atoms with van der Waals surface area (Å²) in [6.07, 6.45) is 1.79. The van der Waals surface area contributed by atoms with Crippen LogP contribution in [-0.4, -0.2) is 43.1 Å². The lowest BCUT2D eigenvalue weighted by Gasteiger charge is -2.31. The molecule has 1 amide bonds. The van der Waals surface area contributed by atoms with Crippen molar-refractivity contribution in [2.75, 3.05) is 26.3 Å². The van der Waals surface area contributed by atoms with Gasteiger partial charge in [0.2, 0.25) is 5.91 Å². The third-order valence-electron chi connectivity index (χ3n) is 3.79. The minimum Gasteiger partial charge on any atom is -0.493 e. The summed E-state index contributed by atoms with van der Waals surface area (Å²) in [5.41, 5.74) is 0. The largest absolute Gasteiger partial charge is 0.493 e. The molecule has 0 bridgehead atoms. The molecule has 6 heteroatoms. The summed E-state index contributed by atoms with van der Waals surface area (Å²) >= 11 is 0. The molecule has 0 aliphatic carbocycles. The molecule has 0 saturated carbocycles. The van der Waals surface area contributed by atoms with Gasteiger partial charge in [0.05, 0.1) is 25.6 Å². The summed E-state index contributed by atoms with van der Waals surface area (Å²) < 4.78 is 23.2. The van der Waals surface area contributed by atoms with Gasteiger partial charge in [-0.25, -0.2) is 4.39 Å². The second-order valence-corrected chi connectivity index (χ2v) is 5.48. The predicted molar refractivity (Wildman–Crippen MR) is 82.4 cm³/mol. The molecule has 1 aliphatic rings. The van der Waals surface area contributed by atoms with E-state index in [-0.39, 0.29) is 36.6 Å². The average Bonchev–Trinajstić information content (AvgIpc) is 2.57. The van der Waals surface area contributed by atoms with Crippen molar-refractivity contribution in [2.24, 2.45) is 5.92 Å². The Morgan fingerprint density at radius 2 is 2.04 bits per heavy atom. The number of hydrogen-bond donors (Lipinski definition) is 0. The first kappa shape index (κ1) is 17.2. The molecule has 1 heterocycles. The second-order valence-electron chi connectivity index (χ2n) is 5.48. The summed E-state index contributed by atoms with van der Waals surface area (Å²) in [5.74, 6) is -0.298. The fourth-order valence-corrected chi connectivity index (χ4v) is 2.60. The number of rotatable bonds is 6. The summed E-state index contributed by atoms with van der Waals surface area (Å²) in [5, 5.41) is 0. The number of benzene rings is 1. The van der Waals surface area contributed by atoms with Crippen LogP contribution in [0, 0.1) is 11.7 Å². The highest BCUT2D eigenvalue weighted by atomic mass is 19.1. The number of hydrogen-bond acceptors (Lipinski definition) is 4. The SMILES string of the molecule is CCOC(=O)C1CCCN(C(=O)CCOc2ccc(F)cc2)C1. The van der Waals surface area contributed by atoms with E-state index in [1.807, 2.05) is 0 Å². The molecule has 2 rings (SSSR count). The van der Waals surface area contributed by atoms with E-state index in [0.717, 1.165) is 12.8 Å². The molecule has 5 nitrogen and oxygen atoms in total. The summed E-state index contributed by atoms with van der Waals surface area (Å²) in [6, 6.07) is 5.67. The Kier molecular flexibility index (Phi) is 6.38. The number of esters is 1. The van der Waals surface area contributed by atoms with E-state index in [4.69, 9.17) is 9.47 Å². The number of piperidine rings is 1. The van der Waals surface area contributed by atoms with Gasteiger partial charge in [0.25, 0.3) is 0 Å². The first-order valence-corrected chi connectivity index (χ1v) is 7.93. The molecule has 23 heavy (non-hydrogen) atoms. The van der Waals surface area contributed by atoms with E-state index in [1.54, 1.807) is 11.8 Å². The monoisotopic (exact) mass is 323 g/mol. The van der Waals surface area contributed by atoms with Gasteiger partial charge in [-0.1, -0.05) is 0 Å². The maximum atomic E-state index is 12.8. The second kappa shape index (κ2) is 8.50. The third kappa shape index (κ3) is 5.23. The van der Waals surface area contributed by atoms with Gasteiger partial charge in [0.1, 0.15) is 11.6 Å². The number of halogens is 1. The Hall–Kier alpha value is -2.11. The molecular formula is C17H22FNO4. The quantitative estimate of drug-likeness (QED) is 0.754. The van der Waals surface area contributed by atoms with Gasteiger partial charge in [0, 0.05) is 13.1 Å². The van der Waals surface area contributed by atoms with Crippen molar-refractivity contribution in [2.45, 2.75) is 26.2 Å². The van der Waals surface area contributed by atoms with Crippen LogP contribution in [0.5, 0.6) is 5.75 Å². The predicted octanol–water partition coefficient (Wildman–Crippen LogP) is 2.40. The van der Waals surface area contributed by atoms with Gasteiger partial charge in [0.15, 0.2) is 0 Å². The lowest BCUT2D eigenvalue weighted by Crippen LogP contribution is -2.43. The zero-order valence-corrected chi connectivity index (χ0v) is 13.3. The van der Waals surface area contributed by atoms with E-state index in [1.165, 1.54) is 24.3 Å². The molecule has 126 valence electrons. The highest BCUT2D eigenvalue weighted by molar-refractivity contribution is 5.78. The number of amides is 1. The van der Waals surface area contributed by atoms with Crippen LogP contribution in [-0.2, 0) is 14.3 Å². The molecule has 1 fully saturated rings. The molecule has 1 aromatic carbocycles. The minimum atomic E-state index is -0.327. The summed E-state index contributed by atoms with van der Waals surface area (Å²) in [6.45, 7) is 3.43. The van der Waals surface area contributed by atoms with Crippen LogP contribution in [0.15, 0.2) is 24.3 Å². The fourth-order valence-electron chi connectivity index (χ4n) is 2.60. The molecule has 1 aromatic rings. The molecule has 0 N–H and O–H groups in total. The highest BCUT2D eigenvalue weighted by Gasteiger charge is 2.29. The number of ether oxygens (including phenoxy) is 2. The third-order valence-corrected chi connectivity index (χ3v) is 3.79. The van der Waals surface area contributed by atoms with Gasteiger partial charge in [-0.3, -0.25) is 9.59 Å². The Balaban J connectivity index is 1.76. The summed E-state index contributed by atoms with van der Waals surface area (Å²) in [7, 11) is 0. The lowest BCUT2D eigenvalue weighted by atomic mass is 9.98. The Morgan fingerprint density at radius 3 is 2.74 bits per heavy atom. The maximum absolute atomic E-state index is 12.8. The summed E-state index contributed by atoms with van der Waals surface area (Å²) in [4.78, 5) is 25.7. The van der Waals surface area contributed by atoms with Crippen molar-refractivity contribution in [1.82, 2.24) is 4.90 Å². The van der Waals surface area contributed by atoms with Crippen molar-refractivity contribution in [3.8, 4) is 5.75 Å². The Labute approximate surface area is 135 Å². The topological polar surface area (TPSA) is 55.8 Å². The van der Waals surface area contributed by atoms with Crippen molar-refractivity contribution in [1.29, 1.82) is 0 Å². The Morgan fingerprint density at radius 1 is 1.30 bits per heavy atom. The zero-order chi connectivity index (χ0) is 16.7. The van der Waals surface area contributed by atoms with E-state index in [2.05, 4.69) is 0 Å². The number of carbonyl (C=O) groups is 2. The first-order chi connectivity index (χ1) is 11.1. The lowest BCUT2D eigenvalue weighted by molar-refractivity contribution is -0.151. The molecule has 1 atom stereocenters. The van der Waals surface area contributed by atoms with Gasteiger partial charge >= 0.3 is 5.97 Å². The molecule has 0 aromatic heterocycles. The van der Waals surface area contributed by atoms with Gasteiger partial charge < -0.3 is 14.4 Å². The molecule has 1 saturated heterocycles. The maximum Gasteiger partial charge on any atom is 0.310 e. The van der Waals surface area contributed by atoms with Crippen molar-refractivity contribution >= 4 is 11.9 Å². The average molecular weight is 323 g/mol. The zero-order valence-electron chi connectivity index (χ0n) is 13.3. The van der Waals surface area contributed by atoms with Crippen molar-refractivity contribution in [3.63, 3.8) is 0 Å². The van der Waals surface area contributed by atoms with E-state index in [0.29, 0.717) is 25.4 Å². The van der Waals surface area contributed by atoms with Gasteiger partial charge in [-0.05, 0) is 44.0 Å². The van der Waals surface area contributed by atoms with Crippen LogP contribution in [0.1, 0.15) is 26.2 Å². The van der Waals surface area contributed by atoms with Crippen LogP contribution in [0.2, 0.25) is 0 Å². The van der Waals surface area contributed by atoms with Crippen LogP contribution in [0.4, 0.5) is 4.39 Å². The number of likely N-dealkylation sites (tertiary alicyclic amines) is 1. The smallest absolute Gasteiger partial charge is 0.310 e.